The molecule has 0 bridgehead atoms. The number of rotatable bonds is 3. The minimum atomic E-state index is -0.478. The van der Waals surface area contributed by atoms with E-state index in [-0.39, 0.29) is 12.0 Å². The number of halogens is 1. The van der Waals surface area contributed by atoms with Crippen molar-refractivity contribution in [3.8, 4) is 0 Å². The van der Waals surface area contributed by atoms with Crippen LogP contribution in [-0.2, 0) is 16.1 Å². The van der Waals surface area contributed by atoms with E-state index in [1.54, 1.807) is 0 Å². The van der Waals surface area contributed by atoms with Gasteiger partial charge in [-0.3, -0.25) is 9.69 Å². The third-order valence-corrected chi connectivity index (χ3v) is 3.36. The summed E-state index contributed by atoms with van der Waals surface area (Å²) >= 11 is 5.93. The number of benzene rings is 1. The van der Waals surface area contributed by atoms with E-state index in [1.807, 2.05) is 29.2 Å². The van der Waals surface area contributed by atoms with E-state index in [0.717, 1.165) is 5.56 Å². The zero-order chi connectivity index (χ0) is 13.1. The molecule has 1 aliphatic heterocycles. The van der Waals surface area contributed by atoms with Gasteiger partial charge in [-0.05, 0) is 17.7 Å². The van der Waals surface area contributed by atoms with Crippen LogP contribution in [0, 0.1) is 0 Å². The molecule has 1 aliphatic rings. The second kappa shape index (κ2) is 5.69. The molecule has 0 spiro atoms. The number of methoxy groups -OCH3 is 1. The summed E-state index contributed by atoms with van der Waals surface area (Å²) in [6.07, 6.45) is -0.0546. The third-order valence-electron chi connectivity index (χ3n) is 3.13. The molecule has 1 aromatic carbocycles. The van der Waals surface area contributed by atoms with E-state index < -0.39 is 6.10 Å². The summed E-state index contributed by atoms with van der Waals surface area (Å²) in [4.78, 5) is 13.5. The number of esters is 1. The van der Waals surface area contributed by atoms with E-state index in [1.165, 1.54) is 7.11 Å². The van der Waals surface area contributed by atoms with Crippen LogP contribution >= 0.6 is 11.6 Å². The van der Waals surface area contributed by atoms with Gasteiger partial charge in [-0.25, -0.2) is 0 Å². The van der Waals surface area contributed by atoms with Crippen molar-refractivity contribution in [1.29, 1.82) is 0 Å². The molecular weight excluding hydrogens is 254 g/mol. The number of β-amino-alcohol motifs (C(OH)–C–C–N with tert-alkyl or cyclic N) is 1. The van der Waals surface area contributed by atoms with Crippen molar-refractivity contribution in [2.24, 2.45) is 0 Å². The summed E-state index contributed by atoms with van der Waals surface area (Å²) in [6, 6.07) is 7.12. The highest BCUT2D eigenvalue weighted by Crippen LogP contribution is 2.22. The van der Waals surface area contributed by atoms with Crippen LogP contribution in [0.25, 0.3) is 0 Å². The Bertz CT molecular complexity index is 438. The maximum Gasteiger partial charge on any atom is 0.323 e. The summed E-state index contributed by atoms with van der Waals surface area (Å²) in [7, 11) is 1.37. The van der Waals surface area contributed by atoms with Gasteiger partial charge in [0, 0.05) is 24.5 Å². The Balaban J connectivity index is 2.09. The molecule has 2 atom stereocenters. The number of nitrogens with zero attached hydrogens (tertiary/aromatic N) is 1. The Hall–Kier alpha value is -1.10. The number of carbonyl (C=O) groups excluding carboxylic acids is 1. The monoisotopic (exact) mass is 269 g/mol. The molecule has 4 nitrogen and oxygen atoms in total. The highest BCUT2D eigenvalue weighted by molar-refractivity contribution is 6.30. The summed E-state index contributed by atoms with van der Waals surface area (Å²) in [5.74, 6) is -0.298. The first-order chi connectivity index (χ1) is 8.60. The lowest BCUT2D eigenvalue weighted by Gasteiger charge is -2.22. The fourth-order valence-corrected chi connectivity index (χ4v) is 2.52. The van der Waals surface area contributed by atoms with E-state index in [9.17, 15) is 9.90 Å². The smallest absolute Gasteiger partial charge is 0.323 e. The summed E-state index contributed by atoms with van der Waals surface area (Å²) < 4.78 is 4.76. The molecule has 0 aromatic heterocycles. The Morgan fingerprint density at radius 1 is 1.61 bits per heavy atom. The number of aliphatic hydroxyl groups is 1. The van der Waals surface area contributed by atoms with Crippen molar-refractivity contribution in [1.82, 2.24) is 4.90 Å². The van der Waals surface area contributed by atoms with Gasteiger partial charge in [-0.15, -0.1) is 0 Å². The number of ether oxygens (including phenoxy) is 1. The Labute approximate surface area is 111 Å². The van der Waals surface area contributed by atoms with Gasteiger partial charge in [-0.1, -0.05) is 23.7 Å². The molecule has 5 heteroatoms. The van der Waals surface area contributed by atoms with E-state index in [4.69, 9.17) is 16.3 Å². The van der Waals surface area contributed by atoms with Crippen LogP contribution < -0.4 is 0 Å². The Morgan fingerprint density at radius 3 is 3.06 bits per heavy atom. The van der Waals surface area contributed by atoms with Crippen LogP contribution in [0.15, 0.2) is 24.3 Å². The lowest BCUT2D eigenvalue weighted by molar-refractivity contribution is -0.146. The zero-order valence-electron chi connectivity index (χ0n) is 10.2. The molecule has 2 rings (SSSR count). The quantitative estimate of drug-likeness (QED) is 0.844. The van der Waals surface area contributed by atoms with Crippen LogP contribution in [0.3, 0.4) is 0 Å². The molecule has 1 N–H and O–H groups in total. The molecule has 0 amide bonds. The van der Waals surface area contributed by atoms with Gasteiger partial charge in [0.1, 0.15) is 6.04 Å². The fourth-order valence-electron chi connectivity index (χ4n) is 2.31. The molecular formula is C13H16ClNO3. The number of carbonyl (C=O) groups is 1. The van der Waals surface area contributed by atoms with Gasteiger partial charge >= 0.3 is 5.97 Å². The highest BCUT2D eigenvalue weighted by atomic mass is 35.5. The van der Waals surface area contributed by atoms with E-state index >= 15 is 0 Å². The number of aliphatic hydroxyl groups excluding tert-OH is 1. The molecule has 0 unspecified atom stereocenters. The first kappa shape index (κ1) is 13.3. The molecule has 0 aliphatic carbocycles. The van der Waals surface area contributed by atoms with Gasteiger partial charge in [-0.2, -0.15) is 0 Å². The first-order valence-corrected chi connectivity index (χ1v) is 6.22. The molecule has 1 aromatic rings. The lowest BCUT2D eigenvalue weighted by atomic mass is 10.2. The summed E-state index contributed by atoms with van der Waals surface area (Å²) in [5.41, 5.74) is 1.02. The maximum absolute atomic E-state index is 11.6. The van der Waals surface area contributed by atoms with Crippen LogP contribution in [0.4, 0.5) is 0 Å². The van der Waals surface area contributed by atoms with Gasteiger partial charge in [0.2, 0.25) is 0 Å². The average molecular weight is 270 g/mol. The Morgan fingerprint density at radius 2 is 2.39 bits per heavy atom. The van der Waals surface area contributed by atoms with Crippen molar-refractivity contribution < 1.29 is 14.6 Å². The van der Waals surface area contributed by atoms with Crippen molar-refractivity contribution in [2.75, 3.05) is 13.7 Å². The normalized spacial score (nSPS) is 24.2. The molecule has 98 valence electrons. The predicted molar refractivity (Wildman–Crippen MR) is 68.3 cm³/mol. The van der Waals surface area contributed by atoms with Crippen molar-refractivity contribution in [3.05, 3.63) is 34.9 Å². The first-order valence-electron chi connectivity index (χ1n) is 5.84. The molecule has 0 radical (unpaired) electrons. The van der Waals surface area contributed by atoms with Crippen LogP contribution in [0.5, 0.6) is 0 Å². The molecule has 1 fully saturated rings. The molecule has 0 saturated carbocycles. The third kappa shape index (κ3) is 3.02. The van der Waals surface area contributed by atoms with Crippen LogP contribution in [0.1, 0.15) is 12.0 Å². The largest absolute Gasteiger partial charge is 0.468 e. The number of likely N-dealkylation sites (tertiary alicyclic amines) is 1. The summed E-state index contributed by atoms with van der Waals surface area (Å²) in [6.45, 7) is 1.06. The predicted octanol–water partition coefficient (Wildman–Crippen LogP) is 1.45. The topological polar surface area (TPSA) is 49.8 Å². The number of hydrogen-bond donors (Lipinski definition) is 1. The molecule has 1 heterocycles. The highest BCUT2D eigenvalue weighted by Gasteiger charge is 2.36. The molecule has 18 heavy (non-hydrogen) atoms. The van der Waals surface area contributed by atoms with Crippen molar-refractivity contribution >= 4 is 17.6 Å². The van der Waals surface area contributed by atoms with Gasteiger partial charge < -0.3 is 9.84 Å². The van der Waals surface area contributed by atoms with Gasteiger partial charge in [0.25, 0.3) is 0 Å². The van der Waals surface area contributed by atoms with Gasteiger partial charge in [0.05, 0.1) is 13.2 Å². The van der Waals surface area contributed by atoms with Gasteiger partial charge in [0.15, 0.2) is 0 Å². The van der Waals surface area contributed by atoms with E-state index in [2.05, 4.69) is 0 Å². The maximum atomic E-state index is 11.6. The van der Waals surface area contributed by atoms with E-state index in [0.29, 0.717) is 24.5 Å². The van der Waals surface area contributed by atoms with Crippen LogP contribution in [0.2, 0.25) is 5.02 Å². The minimum absolute atomic E-state index is 0.298. The number of hydrogen-bond acceptors (Lipinski definition) is 4. The van der Waals surface area contributed by atoms with Crippen molar-refractivity contribution in [2.45, 2.75) is 25.1 Å². The SMILES string of the molecule is COC(=O)[C@H]1C[C@@H](O)CN1Cc1cccc(Cl)c1. The Kier molecular flexibility index (Phi) is 4.22. The second-order valence-corrected chi connectivity index (χ2v) is 4.92. The van der Waals surface area contributed by atoms with Crippen LogP contribution in [-0.4, -0.2) is 41.8 Å². The standard InChI is InChI=1S/C13H16ClNO3/c1-18-13(17)12-6-11(16)8-15(12)7-9-3-2-4-10(14)5-9/h2-5,11-12,16H,6-8H2,1H3/t11-,12-/m1/s1. The lowest BCUT2D eigenvalue weighted by Crippen LogP contribution is -2.36. The second-order valence-electron chi connectivity index (χ2n) is 4.49. The molecule has 1 saturated heterocycles. The average Bonchev–Trinajstić information content (AvgIpc) is 2.69. The minimum Gasteiger partial charge on any atom is -0.468 e. The summed E-state index contributed by atoms with van der Waals surface area (Å²) in [5, 5.41) is 10.3. The zero-order valence-corrected chi connectivity index (χ0v) is 10.9. The fraction of sp³-hybridized carbons (Fsp3) is 0.462. The van der Waals surface area contributed by atoms with Crippen molar-refractivity contribution in [3.63, 3.8) is 0 Å².